The van der Waals surface area contributed by atoms with Crippen LogP contribution in [0.25, 0.3) is 44.5 Å². The SMILES string of the molecule is CC1CC2NC(C1)c1c(-c3ccc4nc([C@@H]5CCCN5C(=O)[C@@H](NC(=O)Oc5ccccc5)C(C)C)[nH]c4c3)ccc(-c3ccc(-c4cnc([C@@H]5CCCN5C(=O)[C@@H](NC(=O)Oc5ccccc5)C(C)C)[nH]4)cc3)c12. The van der Waals surface area contributed by atoms with Crippen molar-refractivity contribution in [3.8, 4) is 45.0 Å². The molecule has 4 amide bonds. The molecule has 11 rings (SSSR count). The third-order valence-electron chi connectivity index (χ3n) is 15.6. The molecule has 15 heteroatoms. The van der Waals surface area contributed by atoms with E-state index in [1.807, 2.05) is 55.8 Å². The molecule has 7 aromatic rings. The van der Waals surface area contributed by atoms with Crippen molar-refractivity contribution in [2.75, 3.05) is 13.1 Å². The van der Waals surface area contributed by atoms with Crippen molar-refractivity contribution in [1.29, 1.82) is 0 Å². The van der Waals surface area contributed by atoms with Gasteiger partial charge in [0, 0.05) is 25.2 Å². The van der Waals surface area contributed by atoms with E-state index in [2.05, 4.69) is 87.4 Å². The van der Waals surface area contributed by atoms with E-state index in [0.29, 0.717) is 30.5 Å². The van der Waals surface area contributed by atoms with Crippen LogP contribution in [0.1, 0.15) is 120 Å². The first-order valence-corrected chi connectivity index (χ1v) is 26.6. The van der Waals surface area contributed by atoms with Gasteiger partial charge in [0.2, 0.25) is 11.8 Å². The quantitative estimate of drug-likeness (QED) is 0.0749. The van der Waals surface area contributed by atoms with E-state index in [1.165, 1.54) is 22.3 Å². The highest BCUT2D eigenvalue weighted by Crippen LogP contribution is 2.52. The number of benzene rings is 5. The molecule has 5 N–H and O–H groups in total. The zero-order valence-corrected chi connectivity index (χ0v) is 43.1. The highest BCUT2D eigenvalue weighted by molar-refractivity contribution is 5.89. The van der Waals surface area contributed by atoms with Crippen LogP contribution in [0.15, 0.2) is 121 Å². The van der Waals surface area contributed by atoms with Crippen LogP contribution in [0.2, 0.25) is 0 Å². The van der Waals surface area contributed by atoms with Gasteiger partial charge in [0.25, 0.3) is 0 Å². The zero-order valence-electron chi connectivity index (χ0n) is 43.1. The third kappa shape index (κ3) is 10.0. The molecule has 3 unspecified atom stereocenters. The fourth-order valence-corrected chi connectivity index (χ4v) is 11.9. The van der Waals surface area contributed by atoms with Gasteiger partial charge in [-0.1, -0.05) is 113 Å². The van der Waals surface area contributed by atoms with E-state index in [1.54, 1.807) is 48.5 Å². The number of aromatic nitrogens is 4. The van der Waals surface area contributed by atoms with Gasteiger partial charge in [-0.15, -0.1) is 0 Å². The molecule has 15 nitrogen and oxygen atoms in total. The molecule has 7 atom stereocenters. The average Bonchev–Trinajstić information content (AvgIpc) is 4.28. The summed E-state index contributed by atoms with van der Waals surface area (Å²) in [6, 6.07) is 35.8. The van der Waals surface area contributed by atoms with E-state index >= 15 is 0 Å². The molecule has 4 aliphatic rings. The van der Waals surface area contributed by atoms with Gasteiger partial charge in [0.1, 0.15) is 35.2 Å². The number of H-pyrrole nitrogens is 2. The summed E-state index contributed by atoms with van der Waals surface area (Å²) in [7, 11) is 0. The number of ether oxygens (including phenoxy) is 2. The number of imidazole rings is 2. The van der Waals surface area contributed by atoms with Crippen molar-refractivity contribution in [2.45, 2.75) is 109 Å². The summed E-state index contributed by atoms with van der Waals surface area (Å²) >= 11 is 0. The lowest BCUT2D eigenvalue weighted by atomic mass is 9.86. The van der Waals surface area contributed by atoms with Crippen LogP contribution in [0.4, 0.5) is 9.59 Å². The maximum atomic E-state index is 14.2. The maximum Gasteiger partial charge on any atom is 0.413 e. The van der Waals surface area contributed by atoms with Crippen LogP contribution in [0, 0.1) is 17.8 Å². The number of nitrogens with zero attached hydrogens (tertiary/aromatic N) is 4. The predicted molar refractivity (Wildman–Crippen MR) is 287 cm³/mol. The van der Waals surface area contributed by atoms with Crippen LogP contribution < -0.4 is 25.4 Å². The Morgan fingerprint density at radius 1 is 0.613 bits per heavy atom. The number of amides is 4. The Bertz CT molecular complexity index is 3230. The summed E-state index contributed by atoms with van der Waals surface area (Å²) in [6.45, 7) is 11.2. The molecular formula is C60H65N9O6. The van der Waals surface area contributed by atoms with E-state index < -0.39 is 24.3 Å². The summed E-state index contributed by atoms with van der Waals surface area (Å²) in [5.74, 6) is 2.24. The molecule has 3 fully saturated rings. The second kappa shape index (κ2) is 20.9. The lowest BCUT2D eigenvalue weighted by molar-refractivity contribution is -0.136. The van der Waals surface area contributed by atoms with Crippen LogP contribution >= 0.6 is 0 Å². The lowest BCUT2D eigenvalue weighted by Crippen LogP contribution is -2.51. The molecule has 3 saturated heterocycles. The molecule has 75 heavy (non-hydrogen) atoms. The molecule has 2 bridgehead atoms. The topological polar surface area (TPSA) is 187 Å². The van der Waals surface area contributed by atoms with E-state index in [9.17, 15) is 19.2 Å². The Morgan fingerprint density at radius 3 is 1.67 bits per heavy atom. The number of hydrogen-bond acceptors (Lipinski definition) is 9. The van der Waals surface area contributed by atoms with Gasteiger partial charge in [-0.05, 0) is 132 Å². The number of piperidine rings is 1. The maximum absolute atomic E-state index is 14.2. The highest BCUT2D eigenvalue weighted by atomic mass is 16.6. The van der Waals surface area contributed by atoms with Crippen molar-refractivity contribution in [3.63, 3.8) is 0 Å². The average molecular weight is 1010 g/mol. The summed E-state index contributed by atoms with van der Waals surface area (Å²) < 4.78 is 11.0. The molecule has 0 saturated carbocycles. The molecule has 6 heterocycles. The van der Waals surface area contributed by atoms with Gasteiger partial charge in [-0.3, -0.25) is 9.59 Å². The van der Waals surface area contributed by atoms with Crippen LogP contribution in [0.3, 0.4) is 0 Å². The minimum absolute atomic E-state index is 0.149. The summed E-state index contributed by atoms with van der Waals surface area (Å²) in [5, 5.41) is 9.66. The highest BCUT2D eigenvalue weighted by Gasteiger charge is 2.42. The standard InChI is InChI=1S/C60H65N9O6/c1-34(2)53(66-59(72)74-40-14-8-6-9-15-40)57(70)68-28-12-18-49(68)55-61-33-48(65-55)38-22-20-37(21-23-38)42-25-26-43(52-47-31-36(5)30-46(62-47)51(42)52)39-24-27-44-45(32-39)64-56(63-44)50-19-13-29-69(50)58(71)54(35(3)4)67-60(73)75-41-16-10-7-11-17-41/h6-11,14-17,20-27,32-36,46-47,49-50,53-54,62H,12-13,18-19,28-31H2,1-5H3,(H,61,65)(H,63,64)(H,66,72)(H,67,73)/t36?,46?,47?,49-,50-,53-,54-/m0/s1. The Morgan fingerprint density at radius 2 is 1.12 bits per heavy atom. The number of carbonyl (C=O) groups is 4. The third-order valence-corrected chi connectivity index (χ3v) is 15.6. The number of fused-ring (bicyclic) bond motifs is 6. The van der Waals surface area contributed by atoms with Gasteiger partial charge >= 0.3 is 12.2 Å². The Hall–Kier alpha value is -7.78. The lowest BCUT2D eigenvalue weighted by Gasteiger charge is -2.30. The second-order valence-corrected chi connectivity index (χ2v) is 21.5. The van der Waals surface area contributed by atoms with Crippen molar-refractivity contribution in [1.82, 2.24) is 45.7 Å². The zero-order chi connectivity index (χ0) is 51.9. The van der Waals surface area contributed by atoms with Crippen molar-refractivity contribution < 1.29 is 28.7 Å². The van der Waals surface area contributed by atoms with E-state index in [0.717, 1.165) is 83.6 Å². The first kappa shape index (κ1) is 49.4. The van der Waals surface area contributed by atoms with Gasteiger partial charge in [-0.2, -0.15) is 0 Å². The summed E-state index contributed by atoms with van der Waals surface area (Å²) in [4.78, 5) is 74.8. The fourth-order valence-electron chi connectivity index (χ4n) is 11.9. The molecule has 5 aromatic carbocycles. The van der Waals surface area contributed by atoms with Gasteiger partial charge < -0.3 is 45.2 Å². The normalized spacial score (nSPS) is 20.8. The minimum Gasteiger partial charge on any atom is -0.410 e. The second-order valence-electron chi connectivity index (χ2n) is 21.5. The fraction of sp³-hybridized carbons (Fsp3) is 0.367. The minimum atomic E-state index is -0.760. The van der Waals surface area contributed by atoms with E-state index in [-0.39, 0.29) is 47.8 Å². The molecule has 2 aromatic heterocycles. The largest absolute Gasteiger partial charge is 0.413 e. The number of carbonyl (C=O) groups excluding carboxylic acids is 4. The Balaban J connectivity index is 0.810. The summed E-state index contributed by atoms with van der Waals surface area (Å²) in [6.07, 6.45) is 5.82. The molecule has 386 valence electrons. The first-order valence-electron chi connectivity index (χ1n) is 26.6. The number of hydrogen-bond donors (Lipinski definition) is 5. The first-order chi connectivity index (χ1) is 36.4. The van der Waals surface area contributed by atoms with E-state index in [4.69, 9.17) is 19.4 Å². The number of aromatic amines is 2. The van der Waals surface area contributed by atoms with Gasteiger partial charge in [0.15, 0.2) is 0 Å². The molecular weight excluding hydrogens is 943 g/mol. The Labute approximate surface area is 437 Å². The monoisotopic (exact) mass is 1010 g/mol. The van der Waals surface area contributed by atoms with Crippen molar-refractivity contribution >= 4 is 35.0 Å². The number of nitrogens with one attached hydrogen (secondary N) is 5. The molecule has 4 aliphatic heterocycles. The van der Waals surface area contributed by atoms with Crippen LogP contribution in [-0.2, 0) is 9.59 Å². The van der Waals surface area contributed by atoms with Crippen LogP contribution in [-0.4, -0.2) is 78.9 Å². The van der Waals surface area contributed by atoms with Crippen LogP contribution in [0.5, 0.6) is 11.5 Å². The summed E-state index contributed by atoms with van der Waals surface area (Å²) in [5.41, 5.74) is 11.0. The predicted octanol–water partition coefficient (Wildman–Crippen LogP) is 11.4. The number of rotatable bonds is 13. The van der Waals surface area contributed by atoms with Crippen molar-refractivity contribution in [2.24, 2.45) is 17.8 Å². The number of para-hydroxylation sites is 2. The van der Waals surface area contributed by atoms with Crippen molar-refractivity contribution in [3.05, 3.63) is 144 Å². The molecule has 0 aliphatic carbocycles. The Kier molecular flexibility index (Phi) is 13.7. The number of likely N-dealkylation sites (tertiary alicyclic amines) is 2. The van der Waals surface area contributed by atoms with Gasteiger partial charge in [-0.25, -0.2) is 19.6 Å². The molecule has 0 spiro atoms. The smallest absolute Gasteiger partial charge is 0.410 e. The van der Waals surface area contributed by atoms with Gasteiger partial charge in [0.05, 0.1) is 35.0 Å². The molecule has 0 radical (unpaired) electrons.